The molecule has 0 spiro atoms. The van der Waals surface area contributed by atoms with Crippen LogP contribution < -0.4 is 10.6 Å². The molecule has 3 nitrogen and oxygen atoms in total. The van der Waals surface area contributed by atoms with Crippen LogP contribution in [0.5, 0.6) is 0 Å². The Morgan fingerprint density at radius 3 is 2.26 bits per heavy atom. The Kier molecular flexibility index (Phi) is 4.74. The summed E-state index contributed by atoms with van der Waals surface area (Å²) in [6, 6.07) is 3.87. The molecule has 0 aliphatic heterocycles. The summed E-state index contributed by atoms with van der Waals surface area (Å²) in [5.74, 6) is -1.75. The second kappa shape index (κ2) is 6.41. The summed E-state index contributed by atoms with van der Waals surface area (Å²) >= 11 is 5.51. The highest BCUT2D eigenvalue weighted by Crippen LogP contribution is 2.36. The number of hydrogen-bond acceptors (Lipinski definition) is 1. The van der Waals surface area contributed by atoms with E-state index in [9.17, 15) is 26.7 Å². The largest absolute Gasteiger partial charge is 0.418 e. The van der Waals surface area contributed by atoms with E-state index in [1.165, 1.54) is 0 Å². The highest BCUT2D eigenvalue weighted by molar-refractivity contribution is 6.30. The van der Waals surface area contributed by atoms with Crippen molar-refractivity contribution < 1.29 is 26.7 Å². The van der Waals surface area contributed by atoms with Gasteiger partial charge >= 0.3 is 12.2 Å². The number of carbonyl (C=O) groups is 1. The second-order valence-corrected chi connectivity index (χ2v) is 4.83. The fraction of sp³-hybridized carbons (Fsp3) is 0.0714. The number of anilines is 2. The van der Waals surface area contributed by atoms with Gasteiger partial charge in [-0.1, -0.05) is 11.6 Å². The Balaban J connectivity index is 2.22. The van der Waals surface area contributed by atoms with E-state index in [2.05, 4.69) is 0 Å². The predicted molar refractivity (Wildman–Crippen MR) is 75.5 cm³/mol. The molecule has 0 aliphatic carbocycles. The molecule has 0 heterocycles. The van der Waals surface area contributed by atoms with Gasteiger partial charge in [0, 0.05) is 11.1 Å². The summed E-state index contributed by atoms with van der Waals surface area (Å²) in [7, 11) is 0. The number of urea groups is 1. The average molecular weight is 351 g/mol. The molecule has 2 amide bonds. The van der Waals surface area contributed by atoms with Crippen molar-refractivity contribution in [1.29, 1.82) is 0 Å². The lowest BCUT2D eigenvalue weighted by atomic mass is 10.1. The summed E-state index contributed by atoms with van der Waals surface area (Å²) in [5, 5.41) is 3.68. The lowest BCUT2D eigenvalue weighted by Crippen LogP contribution is -2.22. The highest BCUT2D eigenvalue weighted by atomic mass is 35.5. The molecule has 0 atom stereocenters. The molecule has 0 radical (unpaired) electrons. The van der Waals surface area contributed by atoms with Crippen molar-refractivity contribution in [2.45, 2.75) is 6.18 Å². The van der Waals surface area contributed by atoms with Gasteiger partial charge in [-0.25, -0.2) is 13.6 Å². The van der Waals surface area contributed by atoms with Crippen LogP contribution in [0.25, 0.3) is 0 Å². The fourth-order valence-electron chi connectivity index (χ4n) is 1.73. The van der Waals surface area contributed by atoms with E-state index in [0.29, 0.717) is 12.1 Å². The van der Waals surface area contributed by atoms with E-state index in [1.54, 1.807) is 0 Å². The van der Waals surface area contributed by atoms with Crippen LogP contribution in [0.15, 0.2) is 36.4 Å². The van der Waals surface area contributed by atoms with Crippen LogP contribution >= 0.6 is 11.6 Å². The van der Waals surface area contributed by atoms with Crippen LogP contribution in [0.4, 0.5) is 38.1 Å². The van der Waals surface area contributed by atoms with Gasteiger partial charge in [-0.05, 0) is 30.3 Å². The van der Waals surface area contributed by atoms with Gasteiger partial charge in [0.1, 0.15) is 11.6 Å². The third-order valence-corrected chi connectivity index (χ3v) is 2.95. The van der Waals surface area contributed by atoms with Crippen molar-refractivity contribution in [1.82, 2.24) is 0 Å². The Morgan fingerprint density at radius 1 is 0.957 bits per heavy atom. The van der Waals surface area contributed by atoms with Gasteiger partial charge in [0.25, 0.3) is 0 Å². The third-order valence-electron chi connectivity index (χ3n) is 2.71. The van der Waals surface area contributed by atoms with Gasteiger partial charge in [-0.15, -0.1) is 0 Å². The maximum atomic E-state index is 13.4. The quantitative estimate of drug-likeness (QED) is 0.711. The van der Waals surface area contributed by atoms with Crippen molar-refractivity contribution >= 4 is 29.0 Å². The van der Waals surface area contributed by atoms with Crippen molar-refractivity contribution in [3.05, 3.63) is 58.6 Å². The molecule has 2 aromatic carbocycles. The first-order chi connectivity index (χ1) is 10.7. The van der Waals surface area contributed by atoms with Crippen LogP contribution in [0.1, 0.15) is 5.56 Å². The van der Waals surface area contributed by atoms with Crippen LogP contribution in [0.2, 0.25) is 5.02 Å². The fourth-order valence-corrected chi connectivity index (χ4v) is 1.90. The minimum atomic E-state index is -4.75. The van der Waals surface area contributed by atoms with Gasteiger partial charge in [-0.2, -0.15) is 13.2 Å². The summed E-state index contributed by atoms with van der Waals surface area (Å²) in [6.45, 7) is 0. The first kappa shape index (κ1) is 17.0. The van der Waals surface area contributed by atoms with Gasteiger partial charge < -0.3 is 10.6 Å². The molecule has 0 saturated carbocycles. The van der Waals surface area contributed by atoms with E-state index in [-0.39, 0.29) is 5.02 Å². The number of hydrogen-bond donors (Lipinski definition) is 2. The van der Waals surface area contributed by atoms with E-state index >= 15 is 0 Å². The number of halogens is 6. The molecule has 23 heavy (non-hydrogen) atoms. The summed E-state index contributed by atoms with van der Waals surface area (Å²) < 4.78 is 65.0. The molecule has 0 fully saturated rings. The Hall–Kier alpha value is -2.35. The average Bonchev–Trinajstić information content (AvgIpc) is 2.43. The van der Waals surface area contributed by atoms with E-state index < -0.39 is 40.8 Å². The van der Waals surface area contributed by atoms with Crippen LogP contribution in [-0.4, -0.2) is 6.03 Å². The van der Waals surface area contributed by atoms with E-state index in [0.717, 1.165) is 24.3 Å². The van der Waals surface area contributed by atoms with Crippen molar-refractivity contribution in [2.24, 2.45) is 0 Å². The zero-order chi connectivity index (χ0) is 17.2. The minimum Gasteiger partial charge on any atom is -0.307 e. The van der Waals surface area contributed by atoms with E-state index in [4.69, 9.17) is 11.6 Å². The maximum absolute atomic E-state index is 13.4. The Labute approximate surface area is 132 Å². The van der Waals surface area contributed by atoms with Crippen LogP contribution in [-0.2, 0) is 6.18 Å². The zero-order valence-electron chi connectivity index (χ0n) is 11.1. The lowest BCUT2D eigenvalue weighted by Gasteiger charge is -2.14. The molecule has 0 aromatic heterocycles. The molecule has 0 saturated heterocycles. The summed E-state index contributed by atoms with van der Waals surface area (Å²) in [6.07, 6.45) is -4.75. The standard InChI is InChI=1S/C14H8ClF5N2O/c15-7-1-4-11(9(5-7)14(18,19)20)21-13(23)22-12-6-8(16)2-3-10(12)17/h1-6H,(H2,21,22,23). The number of amides is 2. The van der Waals surface area contributed by atoms with Gasteiger partial charge in [0.2, 0.25) is 0 Å². The Bertz CT molecular complexity index is 748. The smallest absolute Gasteiger partial charge is 0.307 e. The first-order valence-corrected chi connectivity index (χ1v) is 6.44. The van der Waals surface area contributed by atoms with Crippen molar-refractivity contribution in [3.8, 4) is 0 Å². The zero-order valence-corrected chi connectivity index (χ0v) is 11.9. The molecular weight excluding hydrogens is 343 g/mol. The molecule has 2 rings (SSSR count). The molecule has 122 valence electrons. The molecule has 0 unspecified atom stereocenters. The van der Waals surface area contributed by atoms with Gasteiger partial charge in [-0.3, -0.25) is 0 Å². The molecule has 0 aliphatic rings. The lowest BCUT2D eigenvalue weighted by molar-refractivity contribution is -0.136. The summed E-state index contributed by atoms with van der Waals surface area (Å²) in [4.78, 5) is 11.7. The first-order valence-electron chi connectivity index (χ1n) is 6.06. The second-order valence-electron chi connectivity index (χ2n) is 4.39. The van der Waals surface area contributed by atoms with Gasteiger partial charge in [0.15, 0.2) is 0 Å². The maximum Gasteiger partial charge on any atom is 0.418 e. The van der Waals surface area contributed by atoms with Gasteiger partial charge in [0.05, 0.1) is 16.9 Å². The van der Waals surface area contributed by atoms with Crippen LogP contribution in [0, 0.1) is 11.6 Å². The number of nitrogens with one attached hydrogen (secondary N) is 2. The summed E-state index contributed by atoms with van der Waals surface area (Å²) in [5.41, 5.74) is -2.25. The molecule has 2 aromatic rings. The number of alkyl halides is 3. The molecular formula is C14H8ClF5N2O. The minimum absolute atomic E-state index is 0.167. The van der Waals surface area contributed by atoms with Crippen molar-refractivity contribution in [3.63, 3.8) is 0 Å². The highest BCUT2D eigenvalue weighted by Gasteiger charge is 2.34. The predicted octanol–water partition coefficient (Wildman–Crippen LogP) is 5.28. The van der Waals surface area contributed by atoms with Crippen LogP contribution in [0.3, 0.4) is 0 Å². The third kappa shape index (κ3) is 4.32. The number of carbonyl (C=O) groups excluding carboxylic acids is 1. The van der Waals surface area contributed by atoms with Crippen molar-refractivity contribution in [2.75, 3.05) is 10.6 Å². The Morgan fingerprint density at radius 2 is 1.61 bits per heavy atom. The monoisotopic (exact) mass is 350 g/mol. The normalized spacial score (nSPS) is 11.2. The number of benzene rings is 2. The molecule has 9 heteroatoms. The molecule has 0 bridgehead atoms. The molecule has 2 N–H and O–H groups in total. The SMILES string of the molecule is O=C(Nc1cc(F)ccc1F)Nc1ccc(Cl)cc1C(F)(F)F. The van der Waals surface area contributed by atoms with E-state index in [1.807, 2.05) is 10.6 Å². The number of rotatable bonds is 2. The topological polar surface area (TPSA) is 41.1 Å².